The first-order valence-corrected chi connectivity index (χ1v) is 11.3. The van der Waals surface area contributed by atoms with Gasteiger partial charge in [-0.3, -0.25) is 0 Å². The van der Waals surface area contributed by atoms with Gasteiger partial charge in [0.05, 0.1) is 11.3 Å². The Morgan fingerprint density at radius 1 is 1.20 bits per heavy atom. The SMILES string of the molecule is CN(C)Cc1cscc1-c1cc2c(Nc3ccc4[nH]ccc4c3)c(C#N)cnc2s1. The molecule has 148 valence electrons. The van der Waals surface area contributed by atoms with E-state index in [0.29, 0.717) is 5.56 Å². The third-order valence-corrected chi connectivity index (χ3v) is 6.87. The zero-order chi connectivity index (χ0) is 20.7. The van der Waals surface area contributed by atoms with Crippen LogP contribution in [0.5, 0.6) is 0 Å². The third-order valence-electron chi connectivity index (χ3n) is 5.00. The van der Waals surface area contributed by atoms with E-state index in [2.05, 4.69) is 63.2 Å². The van der Waals surface area contributed by atoms with Crippen LogP contribution in [-0.4, -0.2) is 29.0 Å². The zero-order valence-corrected chi connectivity index (χ0v) is 18.2. The molecular weight excluding hydrogens is 410 g/mol. The van der Waals surface area contributed by atoms with E-state index < -0.39 is 0 Å². The van der Waals surface area contributed by atoms with Crippen molar-refractivity contribution in [1.82, 2.24) is 14.9 Å². The Labute approximate surface area is 182 Å². The zero-order valence-electron chi connectivity index (χ0n) is 16.6. The lowest BCUT2D eigenvalue weighted by atomic mass is 10.1. The molecule has 0 aliphatic heterocycles. The number of aromatic amines is 1. The molecule has 0 radical (unpaired) electrons. The maximum Gasteiger partial charge on any atom is 0.126 e. The average molecular weight is 430 g/mol. The van der Waals surface area contributed by atoms with E-state index in [0.717, 1.165) is 39.0 Å². The van der Waals surface area contributed by atoms with Gasteiger partial charge in [-0.05, 0) is 60.8 Å². The molecule has 4 aromatic heterocycles. The molecule has 5 aromatic rings. The molecule has 0 saturated heterocycles. The lowest BCUT2D eigenvalue weighted by Crippen LogP contribution is -2.10. The summed E-state index contributed by atoms with van der Waals surface area (Å²) in [6, 6.07) is 12.6. The first-order valence-electron chi connectivity index (χ1n) is 9.49. The molecule has 5 nitrogen and oxygen atoms in total. The number of nitrogens with zero attached hydrogens (tertiary/aromatic N) is 3. The van der Waals surface area contributed by atoms with Crippen LogP contribution in [-0.2, 0) is 6.54 Å². The Hall–Kier alpha value is -3.18. The Kier molecular flexibility index (Phi) is 4.75. The van der Waals surface area contributed by atoms with Crippen molar-refractivity contribution in [2.75, 3.05) is 19.4 Å². The van der Waals surface area contributed by atoms with Gasteiger partial charge in [0.1, 0.15) is 10.9 Å². The Morgan fingerprint density at radius 2 is 2.10 bits per heavy atom. The molecule has 0 aliphatic carbocycles. The van der Waals surface area contributed by atoms with Gasteiger partial charge < -0.3 is 15.2 Å². The highest BCUT2D eigenvalue weighted by Crippen LogP contribution is 2.40. The van der Waals surface area contributed by atoms with E-state index >= 15 is 0 Å². The summed E-state index contributed by atoms with van der Waals surface area (Å²) in [4.78, 5) is 12.0. The Morgan fingerprint density at radius 3 is 2.93 bits per heavy atom. The summed E-state index contributed by atoms with van der Waals surface area (Å²) in [6.45, 7) is 0.895. The molecular formula is C23H19N5S2. The van der Waals surface area contributed by atoms with Gasteiger partial charge in [-0.15, -0.1) is 11.3 Å². The lowest BCUT2D eigenvalue weighted by molar-refractivity contribution is 0.403. The van der Waals surface area contributed by atoms with Gasteiger partial charge in [-0.2, -0.15) is 16.6 Å². The average Bonchev–Trinajstić information content (AvgIpc) is 3.46. The van der Waals surface area contributed by atoms with Crippen LogP contribution in [0.3, 0.4) is 0 Å². The van der Waals surface area contributed by atoms with Crippen LogP contribution in [0.2, 0.25) is 0 Å². The summed E-state index contributed by atoms with van der Waals surface area (Å²) >= 11 is 3.38. The van der Waals surface area contributed by atoms with Crippen LogP contribution in [0.15, 0.2) is 53.5 Å². The molecule has 4 heterocycles. The number of H-pyrrole nitrogens is 1. The van der Waals surface area contributed by atoms with Crippen LogP contribution in [0.4, 0.5) is 11.4 Å². The predicted molar refractivity (Wildman–Crippen MR) is 127 cm³/mol. The monoisotopic (exact) mass is 429 g/mol. The molecule has 30 heavy (non-hydrogen) atoms. The van der Waals surface area contributed by atoms with Gasteiger partial charge >= 0.3 is 0 Å². The highest BCUT2D eigenvalue weighted by Gasteiger charge is 2.16. The molecule has 0 amide bonds. The van der Waals surface area contributed by atoms with E-state index in [-0.39, 0.29) is 0 Å². The summed E-state index contributed by atoms with van der Waals surface area (Å²) in [6.07, 6.45) is 3.59. The van der Waals surface area contributed by atoms with E-state index in [9.17, 15) is 5.26 Å². The standard InChI is InChI=1S/C23H19N5S2/c1-28(2)11-16-12-29-13-19(16)21-8-18-22(15(9-24)10-26-23(18)30-21)27-17-3-4-20-14(7-17)5-6-25-20/h3-8,10,12-13,25H,11H2,1-2H3,(H,26,27). The summed E-state index contributed by atoms with van der Waals surface area (Å²) < 4.78 is 0. The number of aromatic nitrogens is 2. The minimum Gasteiger partial charge on any atom is -0.361 e. The van der Waals surface area contributed by atoms with Gasteiger partial charge in [0.25, 0.3) is 0 Å². The van der Waals surface area contributed by atoms with Crippen molar-refractivity contribution in [2.45, 2.75) is 6.54 Å². The normalized spacial score (nSPS) is 11.4. The summed E-state index contributed by atoms with van der Waals surface area (Å²) in [7, 11) is 4.16. The number of rotatable bonds is 5. The summed E-state index contributed by atoms with van der Waals surface area (Å²) in [5.41, 5.74) is 5.94. The second-order valence-corrected chi connectivity index (χ2v) is 9.22. The maximum absolute atomic E-state index is 9.69. The number of pyridine rings is 1. The van der Waals surface area contributed by atoms with Crippen LogP contribution >= 0.6 is 22.7 Å². The first kappa shape index (κ1) is 18.8. The van der Waals surface area contributed by atoms with Crippen LogP contribution in [0.1, 0.15) is 11.1 Å². The fourth-order valence-electron chi connectivity index (χ4n) is 3.62. The summed E-state index contributed by atoms with van der Waals surface area (Å²) in [5.74, 6) is 0. The van der Waals surface area contributed by atoms with Crippen molar-refractivity contribution in [3.63, 3.8) is 0 Å². The predicted octanol–water partition coefficient (Wildman–Crippen LogP) is 6.18. The second kappa shape index (κ2) is 7.58. The molecule has 0 unspecified atom stereocenters. The van der Waals surface area contributed by atoms with Gasteiger partial charge in [0, 0.05) is 51.4 Å². The van der Waals surface area contributed by atoms with E-state index in [1.807, 2.05) is 24.4 Å². The smallest absolute Gasteiger partial charge is 0.126 e. The molecule has 0 spiro atoms. The molecule has 0 atom stereocenters. The minimum atomic E-state index is 0.542. The number of fused-ring (bicyclic) bond motifs is 2. The minimum absolute atomic E-state index is 0.542. The third kappa shape index (κ3) is 3.35. The van der Waals surface area contributed by atoms with Crippen molar-refractivity contribution in [3.8, 4) is 16.5 Å². The lowest BCUT2D eigenvalue weighted by Gasteiger charge is -2.10. The molecule has 5 rings (SSSR count). The Bertz CT molecular complexity index is 1400. The van der Waals surface area contributed by atoms with E-state index in [1.165, 1.54) is 16.0 Å². The molecule has 0 fully saturated rings. The fraction of sp³-hybridized carbons (Fsp3) is 0.130. The fourth-order valence-corrected chi connectivity index (χ4v) is 5.60. The Balaban J connectivity index is 1.60. The van der Waals surface area contributed by atoms with Crippen molar-refractivity contribution >= 4 is 55.2 Å². The number of hydrogen-bond donors (Lipinski definition) is 2. The van der Waals surface area contributed by atoms with Gasteiger partial charge in [-0.25, -0.2) is 4.98 Å². The van der Waals surface area contributed by atoms with Crippen molar-refractivity contribution < 1.29 is 0 Å². The van der Waals surface area contributed by atoms with Crippen LogP contribution in [0, 0.1) is 11.3 Å². The number of benzene rings is 1. The molecule has 0 aliphatic rings. The van der Waals surface area contributed by atoms with Crippen LogP contribution in [0.25, 0.3) is 31.6 Å². The number of thiophene rings is 2. The van der Waals surface area contributed by atoms with Crippen LogP contribution < -0.4 is 5.32 Å². The van der Waals surface area contributed by atoms with Crippen molar-refractivity contribution in [1.29, 1.82) is 5.26 Å². The molecule has 0 bridgehead atoms. The van der Waals surface area contributed by atoms with Gasteiger partial charge in [-0.1, -0.05) is 0 Å². The second-order valence-electron chi connectivity index (χ2n) is 7.44. The molecule has 7 heteroatoms. The highest BCUT2D eigenvalue weighted by atomic mass is 32.1. The molecule has 0 saturated carbocycles. The van der Waals surface area contributed by atoms with E-state index in [1.54, 1.807) is 28.9 Å². The first-order chi connectivity index (χ1) is 14.6. The maximum atomic E-state index is 9.69. The highest BCUT2D eigenvalue weighted by molar-refractivity contribution is 7.22. The molecule has 2 N–H and O–H groups in total. The summed E-state index contributed by atoms with van der Waals surface area (Å²) in [5, 5.41) is 19.7. The van der Waals surface area contributed by atoms with E-state index in [4.69, 9.17) is 0 Å². The number of nitriles is 1. The number of nitrogens with one attached hydrogen (secondary N) is 2. The quantitative estimate of drug-likeness (QED) is 0.350. The number of anilines is 2. The van der Waals surface area contributed by atoms with Crippen molar-refractivity contribution in [3.05, 3.63) is 64.6 Å². The number of hydrogen-bond acceptors (Lipinski definition) is 6. The largest absolute Gasteiger partial charge is 0.361 e. The van der Waals surface area contributed by atoms with Gasteiger partial charge in [0.15, 0.2) is 0 Å². The topological polar surface area (TPSA) is 67.7 Å². The van der Waals surface area contributed by atoms with Crippen molar-refractivity contribution in [2.24, 2.45) is 0 Å². The molecule has 1 aromatic carbocycles. The van der Waals surface area contributed by atoms with Gasteiger partial charge in [0.2, 0.25) is 0 Å².